The summed E-state index contributed by atoms with van der Waals surface area (Å²) in [5.74, 6) is 6.15. The molecule has 0 heterocycles. The predicted molar refractivity (Wildman–Crippen MR) is 167 cm³/mol. The summed E-state index contributed by atoms with van der Waals surface area (Å²) in [5, 5.41) is 0. The molecule has 0 aliphatic carbocycles. The van der Waals surface area contributed by atoms with E-state index in [0.29, 0.717) is 11.1 Å². The first-order valence-corrected chi connectivity index (χ1v) is 14.1. The van der Waals surface area contributed by atoms with Gasteiger partial charge in [-0.3, -0.25) is 0 Å². The van der Waals surface area contributed by atoms with Crippen LogP contribution in [-0.2, 0) is 19.3 Å². The summed E-state index contributed by atoms with van der Waals surface area (Å²) >= 11 is 0. The van der Waals surface area contributed by atoms with Crippen molar-refractivity contribution in [1.82, 2.24) is 0 Å². The quantitative estimate of drug-likeness (QED) is 0.187. The summed E-state index contributed by atoms with van der Waals surface area (Å²) in [6, 6.07) is 37.4. The van der Waals surface area contributed by atoms with Crippen LogP contribution in [0.1, 0.15) is 52.3 Å². The molecule has 0 bridgehead atoms. The summed E-state index contributed by atoms with van der Waals surface area (Å²) < 4.78 is 15.2. The van der Waals surface area contributed by atoms with Crippen molar-refractivity contribution in [2.24, 2.45) is 0 Å². The van der Waals surface area contributed by atoms with E-state index in [0.717, 1.165) is 47.9 Å². The summed E-state index contributed by atoms with van der Waals surface area (Å²) in [6.07, 6.45) is 4.26. The Kier molecular flexibility index (Phi) is 8.58. The van der Waals surface area contributed by atoms with E-state index >= 15 is 4.39 Å². The zero-order valence-corrected chi connectivity index (χ0v) is 23.6. The van der Waals surface area contributed by atoms with Crippen LogP contribution < -0.4 is 0 Å². The second-order valence-electron chi connectivity index (χ2n) is 10.6. The van der Waals surface area contributed by atoms with Crippen LogP contribution in [0.4, 0.5) is 4.39 Å². The average Bonchev–Trinajstić information content (AvgIpc) is 2.98. The van der Waals surface area contributed by atoms with Crippen molar-refractivity contribution in [3.05, 3.63) is 154 Å². The van der Waals surface area contributed by atoms with Gasteiger partial charge in [0.15, 0.2) is 0 Å². The van der Waals surface area contributed by atoms with Gasteiger partial charge in [0, 0.05) is 16.7 Å². The molecule has 40 heavy (non-hydrogen) atoms. The summed E-state index contributed by atoms with van der Waals surface area (Å²) in [5.41, 5.74) is 11.7. The number of aryl methyl sites for hydroxylation is 5. The minimum Gasteiger partial charge on any atom is -0.206 e. The molecule has 0 aromatic heterocycles. The monoisotopic (exact) mass is 522 g/mol. The molecule has 0 atom stereocenters. The van der Waals surface area contributed by atoms with Gasteiger partial charge in [0.05, 0.1) is 0 Å². The maximum absolute atomic E-state index is 15.2. The maximum atomic E-state index is 15.2. The molecule has 5 rings (SSSR count). The average molecular weight is 523 g/mol. The molecule has 198 valence electrons. The number of rotatable bonds is 7. The lowest BCUT2D eigenvalue weighted by atomic mass is 9.96. The molecule has 0 fully saturated rings. The number of hydrogen-bond donors (Lipinski definition) is 0. The van der Waals surface area contributed by atoms with Gasteiger partial charge in [0.25, 0.3) is 0 Å². The van der Waals surface area contributed by atoms with Crippen LogP contribution in [0.25, 0.3) is 22.3 Å². The minimum absolute atomic E-state index is 0.252. The molecule has 5 aromatic rings. The fourth-order valence-electron chi connectivity index (χ4n) is 4.97. The smallest absolute Gasteiger partial charge is 0.132 e. The van der Waals surface area contributed by atoms with Crippen LogP contribution in [0.3, 0.4) is 0 Å². The topological polar surface area (TPSA) is 0 Å². The van der Waals surface area contributed by atoms with Crippen LogP contribution in [0.5, 0.6) is 0 Å². The maximum Gasteiger partial charge on any atom is 0.132 e. The van der Waals surface area contributed by atoms with E-state index in [9.17, 15) is 0 Å². The van der Waals surface area contributed by atoms with Gasteiger partial charge in [-0.25, -0.2) is 4.39 Å². The van der Waals surface area contributed by atoms with Gasteiger partial charge in [0.1, 0.15) is 5.82 Å². The lowest BCUT2D eigenvalue weighted by Gasteiger charge is -2.09. The van der Waals surface area contributed by atoms with Crippen molar-refractivity contribution in [2.45, 2.75) is 46.5 Å². The number of benzene rings is 5. The van der Waals surface area contributed by atoms with E-state index in [1.54, 1.807) is 6.07 Å². The Morgan fingerprint density at radius 3 is 1.65 bits per heavy atom. The van der Waals surface area contributed by atoms with Crippen molar-refractivity contribution in [1.29, 1.82) is 0 Å². The van der Waals surface area contributed by atoms with Gasteiger partial charge in [0.2, 0.25) is 0 Å². The van der Waals surface area contributed by atoms with Crippen molar-refractivity contribution in [3.63, 3.8) is 0 Å². The molecule has 5 aromatic carbocycles. The molecule has 0 aliphatic heterocycles. The van der Waals surface area contributed by atoms with Gasteiger partial charge >= 0.3 is 0 Å². The van der Waals surface area contributed by atoms with Gasteiger partial charge in [-0.1, -0.05) is 116 Å². The normalized spacial score (nSPS) is 10.7. The molecule has 0 nitrogen and oxygen atoms in total. The molecule has 0 radical (unpaired) electrons. The zero-order valence-electron chi connectivity index (χ0n) is 23.6. The standard InChI is InChI=1S/C39H35F/c1-4-5-30-16-19-34(20-17-30)35-22-24-36(25-23-35)38-26-29(3)37(27-39(38)40)21-18-33-14-12-32(13-15-33)11-10-31-8-6-28(2)7-9-31/h6-9,12-17,19-20,22-27H,4-5,10-11H2,1-3H3. The Labute approximate surface area is 238 Å². The van der Waals surface area contributed by atoms with Gasteiger partial charge < -0.3 is 0 Å². The van der Waals surface area contributed by atoms with E-state index in [1.165, 1.54) is 27.8 Å². The Balaban J connectivity index is 1.26. The van der Waals surface area contributed by atoms with Crippen molar-refractivity contribution >= 4 is 0 Å². The van der Waals surface area contributed by atoms with Gasteiger partial charge in [-0.15, -0.1) is 0 Å². The largest absolute Gasteiger partial charge is 0.206 e. The van der Waals surface area contributed by atoms with Gasteiger partial charge in [-0.05, 0) is 96.3 Å². The van der Waals surface area contributed by atoms with Crippen LogP contribution in [0.15, 0.2) is 109 Å². The van der Waals surface area contributed by atoms with Crippen LogP contribution in [-0.4, -0.2) is 0 Å². The Morgan fingerprint density at radius 1 is 0.550 bits per heavy atom. The molecule has 0 spiro atoms. The molecule has 0 saturated carbocycles. The third kappa shape index (κ3) is 6.77. The molecule has 0 unspecified atom stereocenters. The molecule has 0 N–H and O–H groups in total. The first kappa shape index (κ1) is 27.2. The Bertz CT molecular complexity index is 1630. The van der Waals surface area contributed by atoms with E-state index in [-0.39, 0.29) is 5.82 Å². The van der Waals surface area contributed by atoms with E-state index in [2.05, 4.69) is 111 Å². The van der Waals surface area contributed by atoms with E-state index in [4.69, 9.17) is 0 Å². The third-order valence-electron chi connectivity index (χ3n) is 7.45. The second-order valence-corrected chi connectivity index (χ2v) is 10.6. The predicted octanol–water partition coefficient (Wildman–Crippen LogP) is 9.91. The first-order valence-electron chi connectivity index (χ1n) is 14.1. The SMILES string of the molecule is CCCc1ccc(-c2ccc(-c3cc(C)c(C#Cc4ccc(CCc5ccc(C)cc5)cc4)cc3F)cc2)cc1. The van der Waals surface area contributed by atoms with Crippen molar-refractivity contribution < 1.29 is 4.39 Å². The van der Waals surface area contributed by atoms with E-state index < -0.39 is 0 Å². The van der Waals surface area contributed by atoms with Crippen LogP contribution in [0.2, 0.25) is 0 Å². The Hall–Kier alpha value is -4.41. The Morgan fingerprint density at radius 2 is 1.05 bits per heavy atom. The van der Waals surface area contributed by atoms with E-state index in [1.807, 2.05) is 25.1 Å². The van der Waals surface area contributed by atoms with Crippen molar-refractivity contribution in [2.75, 3.05) is 0 Å². The van der Waals surface area contributed by atoms with Gasteiger partial charge in [-0.2, -0.15) is 0 Å². The minimum atomic E-state index is -0.252. The second kappa shape index (κ2) is 12.6. The molecular weight excluding hydrogens is 487 g/mol. The highest BCUT2D eigenvalue weighted by molar-refractivity contribution is 5.72. The lowest BCUT2D eigenvalue weighted by Crippen LogP contribution is -1.92. The zero-order chi connectivity index (χ0) is 27.9. The number of halogens is 1. The first-order chi connectivity index (χ1) is 19.5. The highest BCUT2D eigenvalue weighted by Gasteiger charge is 2.09. The summed E-state index contributed by atoms with van der Waals surface area (Å²) in [4.78, 5) is 0. The van der Waals surface area contributed by atoms with Crippen LogP contribution >= 0.6 is 0 Å². The fourth-order valence-corrected chi connectivity index (χ4v) is 4.97. The van der Waals surface area contributed by atoms with Crippen LogP contribution in [0, 0.1) is 31.5 Å². The highest BCUT2D eigenvalue weighted by atomic mass is 19.1. The number of hydrogen-bond acceptors (Lipinski definition) is 0. The summed E-state index contributed by atoms with van der Waals surface area (Å²) in [7, 11) is 0. The fraction of sp³-hybridized carbons (Fsp3) is 0.179. The summed E-state index contributed by atoms with van der Waals surface area (Å²) in [6.45, 7) is 6.30. The lowest BCUT2D eigenvalue weighted by molar-refractivity contribution is 0.630. The molecule has 1 heteroatoms. The molecular formula is C39H35F. The molecule has 0 amide bonds. The third-order valence-corrected chi connectivity index (χ3v) is 7.45. The molecule has 0 aliphatic rings. The van der Waals surface area contributed by atoms with Crippen molar-refractivity contribution in [3.8, 4) is 34.1 Å². The molecule has 0 saturated heterocycles. The highest BCUT2D eigenvalue weighted by Crippen LogP contribution is 2.29.